The Morgan fingerprint density at radius 1 is 1.06 bits per heavy atom. The molecule has 3 nitrogen and oxygen atoms in total. The van der Waals surface area contributed by atoms with Gasteiger partial charge < -0.3 is 9.84 Å². The van der Waals surface area contributed by atoms with Crippen LogP contribution in [0, 0.1) is 0 Å². The van der Waals surface area contributed by atoms with E-state index in [1.54, 1.807) is 6.92 Å². The zero-order valence-electron chi connectivity index (χ0n) is 11.4. The highest BCUT2D eigenvalue weighted by molar-refractivity contribution is 5.69. The normalized spacial score (nSPS) is 12.4. The topological polar surface area (TPSA) is 46.5 Å². The lowest BCUT2D eigenvalue weighted by molar-refractivity contribution is -0.145. The lowest BCUT2D eigenvalue weighted by Gasteiger charge is -2.06. The van der Waals surface area contributed by atoms with Crippen molar-refractivity contribution in [2.24, 2.45) is 0 Å². The first-order valence-electron chi connectivity index (χ1n) is 7.00. The number of unbranched alkanes of at least 4 members (excludes halogenated alkanes) is 7. The molecule has 0 aliphatic carbocycles. The molecule has 0 aromatic rings. The van der Waals surface area contributed by atoms with Gasteiger partial charge in [-0.15, -0.1) is 0 Å². The molecule has 0 bridgehead atoms. The Morgan fingerprint density at radius 3 is 2.12 bits per heavy atom. The van der Waals surface area contributed by atoms with Gasteiger partial charge in [0.05, 0.1) is 19.1 Å². The van der Waals surface area contributed by atoms with Gasteiger partial charge in [0, 0.05) is 0 Å². The molecule has 0 aliphatic heterocycles. The Labute approximate surface area is 106 Å². The predicted molar refractivity (Wildman–Crippen MR) is 69.9 cm³/mol. The number of aliphatic hydroxyl groups is 1. The summed E-state index contributed by atoms with van der Waals surface area (Å²) in [5, 5.41) is 8.97. The molecule has 0 amide bonds. The summed E-state index contributed by atoms with van der Waals surface area (Å²) in [5.74, 6) is -0.289. The summed E-state index contributed by atoms with van der Waals surface area (Å²) in [7, 11) is 0. The Kier molecular flexibility index (Phi) is 11.5. The van der Waals surface area contributed by atoms with E-state index >= 15 is 0 Å². The summed E-state index contributed by atoms with van der Waals surface area (Å²) in [4.78, 5) is 11.1. The maximum absolute atomic E-state index is 11.1. The Balaban J connectivity index is 3.10. The molecule has 1 N–H and O–H groups in total. The molecule has 0 saturated heterocycles. The van der Waals surface area contributed by atoms with Gasteiger partial charge in [0.15, 0.2) is 0 Å². The van der Waals surface area contributed by atoms with Crippen LogP contribution in [0.5, 0.6) is 0 Å². The molecule has 1 atom stereocenters. The predicted octanol–water partition coefficient (Wildman–Crippen LogP) is 3.44. The lowest BCUT2D eigenvalue weighted by Crippen LogP contribution is -2.13. The minimum atomic E-state index is -0.596. The van der Waals surface area contributed by atoms with Crippen molar-refractivity contribution in [1.82, 2.24) is 0 Å². The van der Waals surface area contributed by atoms with Crippen LogP contribution in [0.1, 0.15) is 71.6 Å². The fourth-order valence-corrected chi connectivity index (χ4v) is 1.72. The van der Waals surface area contributed by atoms with Crippen LogP contribution in [0.25, 0.3) is 0 Å². The van der Waals surface area contributed by atoms with Crippen LogP contribution in [-0.2, 0) is 9.53 Å². The van der Waals surface area contributed by atoms with Crippen LogP contribution in [0.2, 0.25) is 0 Å². The SMILES string of the molecule is CCCCCCCCCCOC(=O)CC(C)O. The van der Waals surface area contributed by atoms with Gasteiger partial charge in [-0.25, -0.2) is 0 Å². The van der Waals surface area contributed by atoms with Crippen molar-refractivity contribution in [3.05, 3.63) is 0 Å². The number of aliphatic hydroxyl groups excluding tert-OH is 1. The number of carbonyl (C=O) groups excluding carboxylic acids is 1. The van der Waals surface area contributed by atoms with Crippen LogP contribution >= 0.6 is 0 Å². The van der Waals surface area contributed by atoms with Gasteiger partial charge in [0.2, 0.25) is 0 Å². The van der Waals surface area contributed by atoms with Gasteiger partial charge in [0.25, 0.3) is 0 Å². The van der Waals surface area contributed by atoms with Gasteiger partial charge in [-0.1, -0.05) is 51.9 Å². The summed E-state index contributed by atoms with van der Waals surface area (Å²) < 4.78 is 5.00. The van der Waals surface area contributed by atoms with Gasteiger partial charge in [0.1, 0.15) is 0 Å². The highest BCUT2D eigenvalue weighted by Crippen LogP contribution is 2.08. The first-order valence-corrected chi connectivity index (χ1v) is 7.00. The molecule has 0 heterocycles. The molecule has 0 spiro atoms. The summed E-state index contributed by atoms with van der Waals surface area (Å²) in [6.07, 6.45) is 9.43. The summed E-state index contributed by atoms with van der Waals surface area (Å²) in [6, 6.07) is 0. The Bertz CT molecular complexity index is 178. The second-order valence-electron chi connectivity index (χ2n) is 4.75. The average molecular weight is 244 g/mol. The van der Waals surface area contributed by atoms with E-state index in [-0.39, 0.29) is 12.4 Å². The van der Waals surface area contributed by atoms with Crippen LogP contribution in [0.3, 0.4) is 0 Å². The van der Waals surface area contributed by atoms with E-state index in [0.29, 0.717) is 6.61 Å². The molecule has 0 saturated carbocycles. The van der Waals surface area contributed by atoms with E-state index in [4.69, 9.17) is 9.84 Å². The van der Waals surface area contributed by atoms with Crippen molar-refractivity contribution in [3.8, 4) is 0 Å². The Morgan fingerprint density at radius 2 is 1.59 bits per heavy atom. The molecular weight excluding hydrogens is 216 g/mol. The van der Waals surface area contributed by atoms with Crippen molar-refractivity contribution >= 4 is 5.97 Å². The number of ether oxygens (including phenoxy) is 1. The summed E-state index contributed by atoms with van der Waals surface area (Å²) in [6.45, 7) is 4.32. The lowest BCUT2D eigenvalue weighted by atomic mass is 10.1. The van der Waals surface area contributed by atoms with E-state index in [0.717, 1.165) is 12.8 Å². The number of hydrogen-bond donors (Lipinski definition) is 1. The number of esters is 1. The second-order valence-corrected chi connectivity index (χ2v) is 4.75. The quantitative estimate of drug-likeness (QED) is 0.447. The summed E-state index contributed by atoms with van der Waals surface area (Å²) in [5.41, 5.74) is 0. The largest absolute Gasteiger partial charge is 0.466 e. The molecule has 0 radical (unpaired) electrons. The third kappa shape index (κ3) is 13.4. The molecule has 0 rings (SSSR count). The van der Waals surface area contributed by atoms with Crippen molar-refractivity contribution in [3.63, 3.8) is 0 Å². The zero-order valence-corrected chi connectivity index (χ0v) is 11.4. The number of rotatable bonds is 11. The van der Waals surface area contributed by atoms with Crippen LogP contribution in [-0.4, -0.2) is 23.8 Å². The second kappa shape index (κ2) is 11.9. The van der Waals surface area contributed by atoms with E-state index in [2.05, 4.69) is 6.92 Å². The molecule has 0 aromatic carbocycles. The standard InChI is InChI=1S/C14H28O3/c1-3-4-5-6-7-8-9-10-11-17-14(16)12-13(2)15/h13,15H,3-12H2,1-2H3. The fraction of sp³-hybridized carbons (Fsp3) is 0.929. The van der Waals surface area contributed by atoms with Crippen molar-refractivity contribution in [2.45, 2.75) is 77.7 Å². The Hall–Kier alpha value is -0.570. The van der Waals surface area contributed by atoms with Gasteiger partial charge >= 0.3 is 5.97 Å². The molecule has 3 heteroatoms. The van der Waals surface area contributed by atoms with E-state index in [1.165, 1.54) is 38.5 Å². The number of carbonyl (C=O) groups is 1. The molecule has 0 fully saturated rings. The fourth-order valence-electron chi connectivity index (χ4n) is 1.72. The van der Waals surface area contributed by atoms with E-state index in [9.17, 15) is 4.79 Å². The molecular formula is C14H28O3. The van der Waals surface area contributed by atoms with Crippen molar-refractivity contribution in [2.75, 3.05) is 6.61 Å². The minimum Gasteiger partial charge on any atom is -0.466 e. The van der Waals surface area contributed by atoms with E-state index in [1.807, 2.05) is 0 Å². The van der Waals surface area contributed by atoms with Gasteiger partial charge in [-0.2, -0.15) is 0 Å². The maximum Gasteiger partial charge on any atom is 0.308 e. The van der Waals surface area contributed by atoms with Gasteiger partial charge in [-0.05, 0) is 13.3 Å². The zero-order chi connectivity index (χ0) is 12.9. The third-order valence-electron chi connectivity index (χ3n) is 2.72. The highest BCUT2D eigenvalue weighted by atomic mass is 16.5. The van der Waals surface area contributed by atoms with Crippen LogP contribution < -0.4 is 0 Å². The highest BCUT2D eigenvalue weighted by Gasteiger charge is 2.06. The summed E-state index contributed by atoms with van der Waals surface area (Å²) >= 11 is 0. The molecule has 102 valence electrons. The third-order valence-corrected chi connectivity index (χ3v) is 2.72. The molecule has 1 unspecified atom stereocenters. The van der Waals surface area contributed by atoms with Crippen molar-refractivity contribution < 1.29 is 14.6 Å². The monoisotopic (exact) mass is 244 g/mol. The maximum atomic E-state index is 11.1. The average Bonchev–Trinajstić information content (AvgIpc) is 2.26. The van der Waals surface area contributed by atoms with E-state index < -0.39 is 6.10 Å². The molecule has 17 heavy (non-hydrogen) atoms. The molecule has 0 aliphatic rings. The first-order chi connectivity index (χ1) is 8.16. The van der Waals surface area contributed by atoms with Crippen LogP contribution in [0.4, 0.5) is 0 Å². The number of hydrogen-bond acceptors (Lipinski definition) is 3. The van der Waals surface area contributed by atoms with Crippen molar-refractivity contribution in [1.29, 1.82) is 0 Å². The minimum absolute atomic E-state index is 0.108. The van der Waals surface area contributed by atoms with Gasteiger partial charge in [-0.3, -0.25) is 4.79 Å². The molecule has 0 aromatic heterocycles. The smallest absolute Gasteiger partial charge is 0.308 e. The van der Waals surface area contributed by atoms with Crippen LogP contribution in [0.15, 0.2) is 0 Å². The first kappa shape index (κ1) is 16.4.